The summed E-state index contributed by atoms with van der Waals surface area (Å²) in [5.41, 5.74) is 0.981. The van der Waals surface area contributed by atoms with E-state index in [2.05, 4.69) is 5.32 Å². The van der Waals surface area contributed by atoms with Crippen molar-refractivity contribution in [1.29, 1.82) is 0 Å². The number of methoxy groups -OCH3 is 1. The van der Waals surface area contributed by atoms with E-state index < -0.39 is 17.5 Å². The highest BCUT2D eigenvalue weighted by Gasteiger charge is 2.27. The van der Waals surface area contributed by atoms with E-state index in [1.807, 2.05) is 0 Å². The van der Waals surface area contributed by atoms with E-state index in [-0.39, 0.29) is 5.56 Å². The van der Waals surface area contributed by atoms with Crippen molar-refractivity contribution < 1.29 is 18.7 Å². The number of anilines is 1. The Morgan fingerprint density at radius 3 is 2.66 bits per heavy atom. The number of carbonyl (C=O) groups is 2. The molecule has 150 valence electrons. The molecule has 1 amide bonds. The van der Waals surface area contributed by atoms with Crippen LogP contribution in [0.3, 0.4) is 0 Å². The predicted molar refractivity (Wildman–Crippen MR) is 112 cm³/mol. The van der Waals surface area contributed by atoms with Crippen molar-refractivity contribution >= 4 is 39.2 Å². The number of esters is 1. The van der Waals surface area contributed by atoms with Crippen LogP contribution >= 0.6 is 11.3 Å². The van der Waals surface area contributed by atoms with Gasteiger partial charge in [0.05, 0.1) is 12.7 Å². The van der Waals surface area contributed by atoms with Crippen LogP contribution < -0.4 is 10.9 Å². The van der Waals surface area contributed by atoms with Gasteiger partial charge >= 0.3 is 11.6 Å². The second-order valence-electron chi connectivity index (χ2n) is 7.05. The van der Waals surface area contributed by atoms with Gasteiger partial charge in [-0.2, -0.15) is 0 Å². The highest BCUT2D eigenvalue weighted by Crippen LogP contribution is 2.37. The number of rotatable bonds is 3. The highest BCUT2D eigenvalue weighted by atomic mass is 32.1. The molecule has 29 heavy (non-hydrogen) atoms. The lowest BCUT2D eigenvalue weighted by atomic mass is 9.96. The number of thiophene rings is 1. The van der Waals surface area contributed by atoms with E-state index in [1.165, 1.54) is 24.5 Å². The summed E-state index contributed by atoms with van der Waals surface area (Å²) in [7, 11) is 1.33. The maximum absolute atomic E-state index is 12.9. The number of ether oxygens (including phenoxy) is 1. The summed E-state index contributed by atoms with van der Waals surface area (Å²) in [6, 6.07) is 8.52. The van der Waals surface area contributed by atoms with Gasteiger partial charge in [-0.1, -0.05) is 31.0 Å². The quantitative estimate of drug-likeness (QED) is 0.505. The molecule has 1 N–H and O–H groups in total. The number of fused-ring (bicyclic) bond motifs is 2. The summed E-state index contributed by atoms with van der Waals surface area (Å²) in [4.78, 5) is 38.8. The van der Waals surface area contributed by atoms with E-state index in [1.54, 1.807) is 24.3 Å². The summed E-state index contributed by atoms with van der Waals surface area (Å²) >= 11 is 1.40. The van der Waals surface area contributed by atoms with Crippen LogP contribution in [0.1, 0.15) is 56.8 Å². The van der Waals surface area contributed by atoms with Crippen LogP contribution in [-0.2, 0) is 17.6 Å². The van der Waals surface area contributed by atoms with Crippen molar-refractivity contribution in [2.75, 3.05) is 12.4 Å². The maximum Gasteiger partial charge on any atom is 0.349 e. The summed E-state index contributed by atoms with van der Waals surface area (Å²) < 4.78 is 10.2. The third-order valence-electron chi connectivity index (χ3n) is 5.17. The average molecular weight is 411 g/mol. The first-order chi connectivity index (χ1) is 14.1. The fourth-order valence-electron chi connectivity index (χ4n) is 3.72. The maximum atomic E-state index is 12.9. The first-order valence-corrected chi connectivity index (χ1v) is 10.5. The number of hydrogen-bond acceptors (Lipinski definition) is 6. The van der Waals surface area contributed by atoms with Crippen LogP contribution in [0.2, 0.25) is 0 Å². The fourth-order valence-corrected chi connectivity index (χ4v) is 4.99. The molecule has 4 rings (SSSR count). The Morgan fingerprint density at radius 1 is 1.10 bits per heavy atom. The van der Waals surface area contributed by atoms with E-state index in [0.717, 1.165) is 49.0 Å². The van der Waals surface area contributed by atoms with E-state index in [9.17, 15) is 14.4 Å². The Morgan fingerprint density at radius 2 is 1.86 bits per heavy atom. The Kier molecular flexibility index (Phi) is 5.49. The van der Waals surface area contributed by atoms with Gasteiger partial charge in [-0.25, -0.2) is 9.59 Å². The Bertz CT molecular complexity index is 1140. The van der Waals surface area contributed by atoms with Crippen molar-refractivity contribution in [2.24, 2.45) is 0 Å². The standard InChI is InChI=1S/C22H21NO5S/c1-27-22(26)18-14-9-4-2-3-5-11-17(14)29-20(18)23-19(24)15-12-13-8-6-7-10-16(13)28-21(15)25/h6-8,10,12H,2-5,9,11H2,1H3,(H,23,24). The van der Waals surface area contributed by atoms with Crippen LogP contribution in [0.15, 0.2) is 39.5 Å². The van der Waals surface area contributed by atoms with E-state index in [0.29, 0.717) is 21.5 Å². The number of hydrogen-bond donors (Lipinski definition) is 1. The van der Waals surface area contributed by atoms with Crippen LogP contribution in [0, 0.1) is 0 Å². The third kappa shape index (κ3) is 3.82. The molecule has 0 spiro atoms. The highest BCUT2D eigenvalue weighted by molar-refractivity contribution is 7.17. The zero-order valence-corrected chi connectivity index (χ0v) is 16.9. The average Bonchev–Trinajstić information content (AvgIpc) is 3.02. The van der Waals surface area contributed by atoms with Crippen LogP contribution in [-0.4, -0.2) is 19.0 Å². The molecular formula is C22H21NO5S. The number of benzene rings is 1. The zero-order chi connectivity index (χ0) is 20.4. The molecule has 0 fully saturated rings. The molecule has 1 aliphatic rings. The molecule has 0 radical (unpaired) electrons. The summed E-state index contributed by atoms with van der Waals surface area (Å²) in [6.07, 6.45) is 5.98. The first-order valence-electron chi connectivity index (χ1n) is 9.65. The van der Waals surface area contributed by atoms with Crippen molar-refractivity contribution in [3.63, 3.8) is 0 Å². The largest absolute Gasteiger partial charge is 0.465 e. The molecule has 0 aliphatic heterocycles. The molecule has 3 aromatic rings. The smallest absolute Gasteiger partial charge is 0.349 e. The lowest BCUT2D eigenvalue weighted by molar-refractivity contribution is 0.0601. The molecule has 1 aromatic carbocycles. The number of amides is 1. The lowest BCUT2D eigenvalue weighted by Gasteiger charge is -2.11. The third-order valence-corrected chi connectivity index (χ3v) is 6.38. The van der Waals surface area contributed by atoms with Gasteiger partial charge in [-0.3, -0.25) is 4.79 Å². The SMILES string of the molecule is COC(=O)c1c(NC(=O)c2cc3ccccc3oc2=O)sc2c1CCCCCC2. The van der Waals surface area contributed by atoms with Crippen LogP contribution in [0.4, 0.5) is 5.00 Å². The van der Waals surface area contributed by atoms with Crippen molar-refractivity contribution in [2.45, 2.75) is 38.5 Å². The van der Waals surface area contributed by atoms with Gasteiger partial charge < -0.3 is 14.5 Å². The molecule has 0 unspecified atom stereocenters. The molecular weight excluding hydrogens is 390 g/mol. The Hall–Kier alpha value is -2.93. The number of nitrogens with one attached hydrogen (secondary N) is 1. The monoisotopic (exact) mass is 411 g/mol. The van der Waals surface area contributed by atoms with Crippen molar-refractivity contribution in [1.82, 2.24) is 0 Å². The zero-order valence-electron chi connectivity index (χ0n) is 16.1. The fraction of sp³-hybridized carbons (Fsp3) is 0.318. The van der Waals surface area contributed by atoms with E-state index >= 15 is 0 Å². The molecule has 7 heteroatoms. The minimum atomic E-state index is -0.712. The van der Waals surface area contributed by atoms with Crippen molar-refractivity contribution in [3.05, 3.63) is 62.3 Å². The Labute approximate surface area is 171 Å². The minimum Gasteiger partial charge on any atom is -0.465 e. The summed E-state index contributed by atoms with van der Waals surface area (Å²) in [5.74, 6) is -1.06. The molecule has 2 aromatic heterocycles. The second kappa shape index (κ2) is 8.21. The molecule has 0 saturated heterocycles. The van der Waals surface area contributed by atoms with Crippen molar-refractivity contribution in [3.8, 4) is 0 Å². The van der Waals surface area contributed by atoms with Crippen LogP contribution in [0.5, 0.6) is 0 Å². The van der Waals surface area contributed by atoms with Gasteiger partial charge in [0, 0.05) is 10.3 Å². The van der Waals surface area contributed by atoms with Gasteiger partial charge in [-0.15, -0.1) is 11.3 Å². The number of aryl methyl sites for hydroxylation is 1. The summed E-state index contributed by atoms with van der Waals surface area (Å²) in [5, 5.41) is 3.85. The number of para-hydroxylation sites is 1. The topological polar surface area (TPSA) is 85.6 Å². The molecule has 0 atom stereocenters. The molecule has 1 aliphatic carbocycles. The molecule has 0 saturated carbocycles. The van der Waals surface area contributed by atoms with E-state index in [4.69, 9.17) is 9.15 Å². The molecule has 2 heterocycles. The number of carbonyl (C=O) groups excluding carboxylic acids is 2. The van der Waals surface area contributed by atoms with Gasteiger partial charge in [0.2, 0.25) is 0 Å². The van der Waals surface area contributed by atoms with Gasteiger partial charge in [0.1, 0.15) is 16.1 Å². The Balaban J connectivity index is 1.73. The molecule has 6 nitrogen and oxygen atoms in total. The van der Waals surface area contributed by atoms with Crippen LogP contribution in [0.25, 0.3) is 11.0 Å². The second-order valence-corrected chi connectivity index (χ2v) is 8.16. The molecule has 0 bridgehead atoms. The lowest BCUT2D eigenvalue weighted by Crippen LogP contribution is -2.21. The summed E-state index contributed by atoms with van der Waals surface area (Å²) in [6.45, 7) is 0. The van der Waals surface area contributed by atoms with Gasteiger partial charge in [0.25, 0.3) is 5.91 Å². The normalized spacial score (nSPS) is 14.0. The minimum absolute atomic E-state index is 0.0969. The first kappa shape index (κ1) is 19.4. The van der Waals surface area contributed by atoms with Gasteiger partial charge in [-0.05, 0) is 43.4 Å². The predicted octanol–water partition coefficient (Wildman–Crippen LogP) is 4.55. The van der Waals surface area contributed by atoms with Gasteiger partial charge in [0.15, 0.2) is 0 Å².